The summed E-state index contributed by atoms with van der Waals surface area (Å²) >= 11 is 3.62. The fourth-order valence-corrected chi connectivity index (χ4v) is 3.19. The van der Waals surface area contributed by atoms with Crippen molar-refractivity contribution in [1.29, 1.82) is 0 Å². The van der Waals surface area contributed by atoms with E-state index in [1.165, 1.54) is 10.8 Å². The van der Waals surface area contributed by atoms with Crippen LogP contribution in [0.4, 0.5) is 0 Å². The Morgan fingerprint density at radius 2 is 1.50 bits per heavy atom. The van der Waals surface area contributed by atoms with Crippen LogP contribution in [0.2, 0.25) is 0 Å². The zero-order chi connectivity index (χ0) is 14.9. The molecule has 1 heterocycles. The first kappa shape index (κ1) is 13.3. The van der Waals surface area contributed by atoms with E-state index >= 15 is 0 Å². The highest BCUT2D eigenvalue weighted by molar-refractivity contribution is 9.10. The van der Waals surface area contributed by atoms with Crippen molar-refractivity contribution >= 4 is 26.7 Å². The second-order valence-electron chi connectivity index (χ2n) is 5.14. The summed E-state index contributed by atoms with van der Waals surface area (Å²) in [7, 11) is 0. The molecule has 0 amide bonds. The number of hydrogen-bond donors (Lipinski definition) is 1. The van der Waals surface area contributed by atoms with Gasteiger partial charge in [-0.3, -0.25) is 0 Å². The SMILES string of the molecule is Brc1[nH]c(-c2ccccc2)nc1-c1cccc2ccccc12. The predicted octanol–water partition coefficient (Wildman–Crippen LogP) is 5.66. The van der Waals surface area contributed by atoms with Crippen LogP contribution < -0.4 is 0 Å². The van der Waals surface area contributed by atoms with E-state index in [2.05, 4.69) is 75.5 Å². The number of fused-ring (bicyclic) bond motifs is 1. The monoisotopic (exact) mass is 348 g/mol. The Bertz CT molecular complexity index is 937. The molecule has 2 nitrogen and oxygen atoms in total. The molecule has 1 N–H and O–H groups in total. The third kappa shape index (κ3) is 2.24. The summed E-state index contributed by atoms with van der Waals surface area (Å²) in [5, 5.41) is 2.42. The number of aromatic nitrogens is 2. The molecule has 0 saturated heterocycles. The van der Waals surface area contributed by atoms with Gasteiger partial charge in [0, 0.05) is 11.1 Å². The van der Waals surface area contributed by atoms with Gasteiger partial charge in [0.2, 0.25) is 0 Å². The molecule has 0 atom stereocenters. The van der Waals surface area contributed by atoms with Crippen LogP contribution in [0.15, 0.2) is 77.4 Å². The highest BCUT2D eigenvalue weighted by atomic mass is 79.9. The molecule has 0 aliphatic rings. The fourth-order valence-electron chi connectivity index (χ4n) is 2.70. The Labute approximate surface area is 137 Å². The Kier molecular flexibility index (Phi) is 3.28. The number of halogens is 1. The summed E-state index contributed by atoms with van der Waals surface area (Å²) in [4.78, 5) is 8.13. The molecule has 22 heavy (non-hydrogen) atoms. The van der Waals surface area contributed by atoms with E-state index < -0.39 is 0 Å². The van der Waals surface area contributed by atoms with Gasteiger partial charge in [0.25, 0.3) is 0 Å². The van der Waals surface area contributed by atoms with Gasteiger partial charge < -0.3 is 4.98 Å². The van der Waals surface area contributed by atoms with Gasteiger partial charge in [-0.05, 0) is 26.7 Å². The normalized spacial score (nSPS) is 11.0. The lowest BCUT2D eigenvalue weighted by atomic mass is 10.0. The molecule has 106 valence electrons. The minimum atomic E-state index is 0.871. The predicted molar refractivity (Wildman–Crippen MR) is 94.7 cm³/mol. The summed E-state index contributed by atoms with van der Waals surface area (Å²) < 4.78 is 0.905. The number of H-pyrrole nitrogens is 1. The quantitative estimate of drug-likeness (QED) is 0.497. The van der Waals surface area contributed by atoms with E-state index in [-0.39, 0.29) is 0 Å². The van der Waals surface area contributed by atoms with Crippen LogP contribution >= 0.6 is 15.9 Å². The number of nitrogens with one attached hydrogen (secondary N) is 1. The molecular formula is C19H13BrN2. The van der Waals surface area contributed by atoms with Crippen molar-refractivity contribution in [2.75, 3.05) is 0 Å². The summed E-state index contributed by atoms with van der Waals surface area (Å²) in [6, 6.07) is 24.8. The topological polar surface area (TPSA) is 28.7 Å². The Morgan fingerprint density at radius 1 is 0.773 bits per heavy atom. The van der Waals surface area contributed by atoms with Crippen molar-refractivity contribution in [3.63, 3.8) is 0 Å². The summed E-state index contributed by atoms with van der Waals surface area (Å²) in [6.45, 7) is 0. The maximum absolute atomic E-state index is 4.80. The molecule has 4 rings (SSSR count). The highest BCUT2D eigenvalue weighted by Gasteiger charge is 2.13. The lowest BCUT2D eigenvalue weighted by Crippen LogP contribution is -1.83. The Balaban J connectivity index is 1.91. The summed E-state index contributed by atoms with van der Waals surface area (Å²) in [5.74, 6) is 0.871. The molecule has 0 spiro atoms. The molecule has 0 fully saturated rings. The molecule has 0 aliphatic heterocycles. The zero-order valence-corrected chi connectivity index (χ0v) is 13.3. The third-order valence-corrected chi connectivity index (χ3v) is 4.33. The van der Waals surface area contributed by atoms with Crippen LogP contribution in [0.1, 0.15) is 0 Å². The van der Waals surface area contributed by atoms with E-state index in [1.54, 1.807) is 0 Å². The fraction of sp³-hybridized carbons (Fsp3) is 0. The largest absolute Gasteiger partial charge is 0.332 e. The van der Waals surface area contributed by atoms with Crippen molar-refractivity contribution in [3.05, 3.63) is 77.4 Å². The van der Waals surface area contributed by atoms with Gasteiger partial charge in [0.05, 0.1) is 0 Å². The average molecular weight is 349 g/mol. The van der Waals surface area contributed by atoms with Gasteiger partial charge in [-0.2, -0.15) is 0 Å². The summed E-state index contributed by atoms with van der Waals surface area (Å²) in [6.07, 6.45) is 0. The van der Waals surface area contributed by atoms with Crippen molar-refractivity contribution in [3.8, 4) is 22.6 Å². The van der Waals surface area contributed by atoms with E-state index in [1.807, 2.05) is 18.2 Å². The number of imidazole rings is 1. The van der Waals surface area contributed by atoms with Crippen LogP contribution in [0.3, 0.4) is 0 Å². The molecule has 1 aromatic heterocycles. The lowest BCUT2D eigenvalue weighted by molar-refractivity contribution is 1.30. The Hall–Kier alpha value is -2.39. The molecule has 3 aromatic carbocycles. The van der Waals surface area contributed by atoms with Crippen molar-refractivity contribution in [1.82, 2.24) is 9.97 Å². The van der Waals surface area contributed by atoms with E-state index in [9.17, 15) is 0 Å². The Morgan fingerprint density at radius 3 is 2.36 bits per heavy atom. The van der Waals surface area contributed by atoms with Crippen LogP contribution in [-0.2, 0) is 0 Å². The van der Waals surface area contributed by atoms with Crippen LogP contribution in [-0.4, -0.2) is 9.97 Å². The van der Waals surface area contributed by atoms with Crippen LogP contribution in [0.5, 0.6) is 0 Å². The van der Waals surface area contributed by atoms with Gasteiger partial charge in [0.1, 0.15) is 16.1 Å². The van der Waals surface area contributed by atoms with Crippen molar-refractivity contribution in [2.24, 2.45) is 0 Å². The molecule has 0 aliphatic carbocycles. The maximum Gasteiger partial charge on any atom is 0.138 e. The molecular weight excluding hydrogens is 336 g/mol. The molecule has 0 bridgehead atoms. The van der Waals surface area contributed by atoms with E-state index in [0.29, 0.717) is 0 Å². The second kappa shape index (κ2) is 5.43. The van der Waals surface area contributed by atoms with Crippen molar-refractivity contribution in [2.45, 2.75) is 0 Å². The number of nitrogens with zero attached hydrogens (tertiary/aromatic N) is 1. The maximum atomic E-state index is 4.80. The summed E-state index contributed by atoms with van der Waals surface area (Å²) in [5.41, 5.74) is 3.15. The number of aromatic amines is 1. The molecule has 4 aromatic rings. The molecule has 0 radical (unpaired) electrons. The van der Waals surface area contributed by atoms with Gasteiger partial charge in [-0.1, -0.05) is 72.8 Å². The lowest BCUT2D eigenvalue weighted by Gasteiger charge is -2.04. The van der Waals surface area contributed by atoms with Crippen LogP contribution in [0, 0.1) is 0 Å². The number of hydrogen-bond acceptors (Lipinski definition) is 1. The van der Waals surface area contributed by atoms with Gasteiger partial charge in [0.15, 0.2) is 0 Å². The highest BCUT2D eigenvalue weighted by Crippen LogP contribution is 2.33. The number of rotatable bonds is 2. The molecule has 0 saturated carbocycles. The molecule has 3 heteroatoms. The van der Waals surface area contributed by atoms with Gasteiger partial charge in [-0.15, -0.1) is 0 Å². The minimum absolute atomic E-state index is 0.871. The van der Waals surface area contributed by atoms with E-state index in [4.69, 9.17) is 4.98 Å². The molecule has 0 unspecified atom stereocenters. The smallest absolute Gasteiger partial charge is 0.138 e. The average Bonchev–Trinajstić information content (AvgIpc) is 2.97. The van der Waals surface area contributed by atoms with Crippen molar-refractivity contribution < 1.29 is 0 Å². The van der Waals surface area contributed by atoms with E-state index in [0.717, 1.165) is 27.2 Å². The first-order valence-corrected chi connectivity index (χ1v) is 7.91. The third-order valence-electron chi connectivity index (χ3n) is 3.75. The van der Waals surface area contributed by atoms with Gasteiger partial charge >= 0.3 is 0 Å². The number of benzene rings is 3. The first-order valence-electron chi connectivity index (χ1n) is 7.12. The zero-order valence-electron chi connectivity index (χ0n) is 11.8. The minimum Gasteiger partial charge on any atom is -0.332 e. The van der Waals surface area contributed by atoms with Crippen LogP contribution in [0.25, 0.3) is 33.4 Å². The van der Waals surface area contributed by atoms with Gasteiger partial charge in [-0.25, -0.2) is 4.98 Å². The second-order valence-corrected chi connectivity index (χ2v) is 5.93. The standard InChI is InChI=1S/C19H13BrN2/c20-18-17(21-19(22-18)14-8-2-1-3-9-14)16-12-6-10-13-7-4-5-11-15(13)16/h1-12H,(H,21,22). The first-order chi connectivity index (χ1) is 10.8.